The van der Waals surface area contributed by atoms with Gasteiger partial charge in [-0.15, -0.1) is 0 Å². The largest absolute Gasteiger partial charge is 0.361 e. The maximum atomic E-state index is 13.5. The lowest BCUT2D eigenvalue weighted by molar-refractivity contribution is -0.119. The lowest BCUT2D eigenvalue weighted by Crippen LogP contribution is -2.29. The third-order valence-corrected chi connectivity index (χ3v) is 3.54. The molecule has 2 aromatic heterocycles. The number of carbonyl (C=O) groups excluding carboxylic acids is 1. The number of anilines is 1. The van der Waals surface area contributed by atoms with Crippen molar-refractivity contribution in [3.05, 3.63) is 65.7 Å². The molecule has 0 atom stereocenters. The van der Waals surface area contributed by atoms with Gasteiger partial charge in [0.25, 0.3) is 0 Å². The minimum atomic E-state index is -0.893. The Kier molecular flexibility index (Phi) is 5.20. The summed E-state index contributed by atoms with van der Waals surface area (Å²) in [4.78, 5) is 23.1. The van der Waals surface area contributed by atoms with Crippen LogP contribution in [0.1, 0.15) is 5.56 Å². The predicted molar refractivity (Wildman–Crippen MR) is 90.9 cm³/mol. The summed E-state index contributed by atoms with van der Waals surface area (Å²) in [7, 11) is 0. The van der Waals surface area contributed by atoms with Crippen LogP contribution >= 0.6 is 11.6 Å². The molecule has 0 aliphatic carbocycles. The topological polar surface area (TPSA) is 84.7 Å². The molecule has 0 radical (unpaired) electrons. The number of imidazole rings is 1. The molecule has 0 spiro atoms. The molecule has 1 amide bonds. The lowest BCUT2D eigenvalue weighted by atomic mass is 10.2. The van der Waals surface area contributed by atoms with E-state index in [-0.39, 0.29) is 18.3 Å². The lowest BCUT2D eigenvalue weighted by Gasteiger charge is -2.09. The average Bonchev–Trinajstić information content (AvgIpc) is 3.14. The minimum Gasteiger partial charge on any atom is -0.361 e. The maximum absolute atomic E-state index is 13.5. The van der Waals surface area contributed by atoms with E-state index in [2.05, 4.69) is 25.6 Å². The van der Waals surface area contributed by atoms with Gasteiger partial charge in [-0.3, -0.25) is 9.36 Å². The van der Waals surface area contributed by atoms with Crippen LogP contribution in [0.15, 0.2) is 49.1 Å². The van der Waals surface area contributed by atoms with Crippen LogP contribution in [-0.2, 0) is 11.3 Å². The standard InChI is InChI=1S/C16H14ClFN6O/c17-12-3-1-11(2-4-12)8-21-15(25)9-20-13-7-14(23-16(18)22-13)24-6-5-19-10-24/h1-7,10H,8-9H2,(H,21,25)(H,20,22,23). The number of carbonyl (C=O) groups is 1. The molecule has 3 rings (SSSR count). The highest BCUT2D eigenvalue weighted by atomic mass is 35.5. The molecule has 0 aliphatic rings. The third-order valence-electron chi connectivity index (χ3n) is 3.29. The first-order chi connectivity index (χ1) is 12.1. The van der Waals surface area contributed by atoms with Gasteiger partial charge in [-0.1, -0.05) is 23.7 Å². The number of halogens is 2. The van der Waals surface area contributed by atoms with Crippen molar-refractivity contribution in [2.45, 2.75) is 6.54 Å². The zero-order valence-electron chi connectivity index (χ0n) is 13.0. The Hall–Kier alpha value is -3.00. The number of amides is 1. The summed E-state index contributed by atoms with van der Waals surface area (Å²) in [5, 5.41) is 6.16. The first kappa shape index (κ1) is 16.8. The second-order valence-electron chi connectivity index (χ2n) is 5.11. The van der Waals surface area contributed by atoms with E-state index < -0.39 is 6.08 Å². The Morgan fingerprint density at radius 2 is 2.04 bits per heavy atom. The average molecular weight is 361 g/mol. The summed E-state index contributed by atoms with van der Waals surface area (Å²) in [5.74, 6) is 0.269. The molecule has 0 aliphatic heterocycles. The summed E-state index contributed by atoms with van der Waals surface area (Å²) in [5.41, 5.74) is 0.924. The van der Waals surface area contributed by atoms with E-state index in [1.54, 1.807) is 24.5 Å². The number of aromatic nitrogens is 4. The van der Waals surface area contributed by atoms with Crippen molar-refractivity contribution in [1.82, 2.24) is 24.8 Å². The van der Waals surface area contributed by atoms with Crippen LogP contribution < -0.4 is 10.6 Å². The highest BCUT2D eigenvalue weighted by Crippen LogP contribution is 2.11. The van der Waals surface area contributed by atoms with Gasteiger partial charge in [-0.05, 0) is 17.7 Å². The molecule has 0 saturated carbocycles. The summed E-state index contributed by atoms with van der Waals surface area (Å²) in [6.45, 7) is 0.323. The van der Waals surface area contributed by atoms with Crippen molar-refractivity contribution in [2.24, 2.45) is 0 Å². The molecule has 2 heterocycles. The summed E-state index contributed by atoms with van der Waals surface area (Å²) in [6, 6.07) is 8.68. The second-order valence-corrected chi connectivity index (χ2v) is 5.54. The molecule has 0 fully saturated rings. The van der Waals surface area contributed by atoms with Crippen LogP contribution in [0.25, 0.3) is 5.82 Å². The smallest absolute Gasteiger partial charge is 0.312 e. The van der Waals surface area contributed by atoms with Crippen molar-refractivity contribution in [2.75, 3.05) is 11.9 Å². The monoisotopic (exact) mass is 360 g/mol. The first-order valence-electron chi connectivity index (χ1n) is 7.38. The quantitative estimate of drug-likeness (QED) is 0.658. The number of rotatable bonds is 6. The highest BCUT2D eigenvalue weighted by molar-refractivity contribution is 6.30. The molecule has 25 heavy (non-hydrogen) atoms. The van der Waals surface area contributed by atoms with Crippen LogP contribution in [0.3, 0.4) is 0 Å². The maximum Gasteiger partial charge on any atom is 0.312 e. The molecule has 0 bridgehead atoms. The van der Waals surface area contributed by atoms with E-state index >= 15 is 0 Å². The predicted octanol–water partition coefficient (Wildman–Crippen LogP) is 2.18. The zero-order chi connectivity index (χ0) is 17.6. The van der Waals surface area contributed by atoms with Gasteiger partial charge in [-0.2, -0.15) is 14.4 Å². The van der Waals surface area contributed by atoms with Crippen LogP contribution in [-0.4, -0.2) is 32.0 Å². The van der Waals surface area contributed by atoms with Crippen molar-refractivity contribution in [3.63, 3.8) is 0 Å². The van der Waals surface area contributed by atoms with E-state index in [1.165, 1.54) is 17.0 Å². The molecule has 1 aromatic carbocycles. The van der Waals surface area contributed by atoms with Crippen LogP contribution in [0.5, 0.6) is 0 Å². The van der Waals surface area contributed by atoms with Crippen LogP contribution in [0.2, 0.25) is 5.02 Å². The molecule has 9 heteroatoms. The fourth-order valence-electron chi connectivity index (χ4n) is 2.06. The molecular weight excluding hydrogens is 347 g/mol. The molecule has 2 N–H and O–H groups in total. The molecule has 3 aromatic rings. The van der Waals surface area contributed by atoms with E-state index in [0.717, 1.165) is 5.56 Å². The Morgan fingerprint density at radius 1 is 1.24 bits per heavy atom. The fraction of sp³-hybridized carbons (Fsp3) is 0.125. The number of hydrogen-bond donors (Lipinski definition) is 2. The van der Waals surface area contributed by atoms with Gasteiger partial charge in [0, 0.05) is 30.0 Å². The van der Waals surface area contributed by atoms with Crippen molar-refractivity contribution in [1.29, 1.82) is 0 Å². The highest BCUT2D eigenvalue weighted by Gasteiger charge is 2.07. The molecule has 7 nitrogen and oxygen atoms in total. The van der Waals surface area contributed by atoms with Crippen LogP contribution in [0.4, 0.5) is 10.2 Å². The normalized spacial score (nSPS) is 10.5. The molecule has 128 valence electrons. The van der Waals surface area contributed by atoms with Crippen molar-refractivity contribution >= 4 is 23.3 Å². The van der Waals surface area contributed by atoms with Gasteiger partial charge in [0.05, 0.1) is 6.54 Å². The van der Waals surface area contributed by atoms with Gasteiger partial charge in [-0.25, -0.2) is 4.98 Å². The summed E-state index contributed by atoms with van der Waals surface area (Å²) < 4.78 is 15.1. The Bertz CT molecular complexity index is 854. The van der Waals surface area contributed by atoms with Gasteiger partial charge >= 0.3 is 6.08 Å². The second kappa shape index (κ2) is 7.71. The Balaban J connectivity index is 1.56. The Labute approximate surface area is 147 Å². The SMILES string of the molecule is O=C(CNc1cc(-n2ccnc2)nc(F)n1)NCc1ccc(Cl)cc1. The van der Waals surface area contributed by atoms with Crippen LogP contribution in [0, 0.1) is 6.08 Å². The number of benzene rings is 1. The third kappa shape index (κ3) is 4.74. The zero-order valence-corrected chi connectivity index (χ0v) is 13.7. The van der Waals surface area contributed by atoms with Gasteiger partial charge in [0.15, 0.2) is 0 Å². The molecule has 0 unspecified atom stereocenters. The molecule has 0 saturated heterocycles. The van der Waals surface area contributed by atoms with Gasteiger partial charge in [0.1, 0.15) is 18.0 Å². The number of nitrogens with zero attached hydrogens (tertiary/aromatic N) is 4. The van der Waals surface area contributed by atoms with Gasteiger partial charge < -0.3 is 10.6 Å². The first-order valence-corrected chi connectivity index (χ1v) is 7.76. The summed E-state index contributed by atoms with van der Waals surface area (Å²) >= 11 is 5.81. The number of hydrogen-bond acceptors (Lipinski definition) is 5. The van der Waals surface area contributed by atoms with E-state index in [4.69, 9.17) is 11.6 Å². The summed E-state index contributed by atoms with van der Waals surface area (Å²) in [6.07, 6.45) is 3.78. The van der Waals surface area contributed by atoms with E-state index in [1.807, 2.05) is 12.1 Å². The van der Waals surface area contributed by atoms with Crippen molar-refractivity contribution < 1.29 is 9.18 Å². The van der Waals surface area contributed by atoms with E-state index in [0.29, 0.717) is 17.4 Å². The minimum absolute atomic E-state index is 0.0482. The van der Waals surface area contributed by atoms with Crippen molar-refractivity contribution in [3.8, 4) is 5.82 Å². The van der Waals surface area contributed by atoms with E-state index in [9.17, 15) is 9.18 Å². The Morgan fingerprint density at radius 3 is 2.76 bits per heavy atom. The molecular formula is C16H14ClFN6O. The van der Waals surface area contributed by atoms with Gasteiger partial charge in [0.2, 0.25) is 5.91 Å². The fourth-order valence-corrected chi connectivity index (χ4v) is 2.19. The number of nitrogens with one attached hydrogen (secondary N) is 2.